The second-order valence-corrected chi connectivity index (χ2v) is 12.3. The van der Waals surface area contributed by atoms with Gasteiger partial charge in [-0.3, -0.25) is 0 Å². The maximum absolute atomic E-state index is 15.4. The fourth-order valence-corrected chi connectivity index (χ4v) is 6.81. The van der Waals surface area contributed by atoms with E-state index in [0.29, 0.717) is 5.75 Å². The number of benzene rings is 3. The molecule has 4 rings (SSSR count). The van der Waals surface area contributed by atoms with Crippen molar-refractivity contribution in [2.24, 2.45) is 0 Å². The molecule has 0 spiro atoms. The Bertz CT molecular complexity index is 1520. The van der Waals surface area contributed by atoms with Crippen molar-refractivity contribution in [1.29, 1.82) is 0 Å². The summed E-state index contributed by atoms with van der Waals surface area (Å²) in [6.07, 6.45) is 1.50. The zero-order valence-corrected chi connectivity index (χ0v) is 24.2. The van der Waals surface area contributed by atoms with Crippen LogP contribution in [-0.2, 0) is 16.6 Å². The van der Waals surface area contributed by atoms with E-state index in [2.05, 4.69) is 26.2 Å². The number of sulfonamides is 1. The van der Waals surface area contributed by atoms with E-state index in [4.69, 9.17) is 16.3 Å². The summed E-state index contributed by atoms with van der Waals surface area (Å²) in [5.41, 5.74) is 2.80. The van der Waals surface area contributed by atoms with Crippen LogP contribution in [0.25, 0.3) is 0 Å². The van der Waals surface area contributed by atoms with Gasteiger partial charge in [0, 0.05) is 22.1 Å². The molecule has 0 aliphatic heterocycles. The standard InChI is InChI=1S/C26H24BrClFN3O3S2/c1-16-11-21(35-3)8-7-19(16)15-32(26-30-9-10-36-26)37(33,34)25-13-22(28)24(14-23(25)29)31-17(2)18-5-4-6-20(27)12-18/h4-14,17,31H,15H2,1-3H3/t17-/m0/s1. The van der Waals surface area contributed by atoms with Crippen molar-refractivity contribution in [3.63, 3.8) is 0 Å². The van der Waals surface area contributed by atoms with Crippen LogP contribution in [0.15, 0.2) is 75.5 Å². The van der Waals surface area contributed by atoms with Gasteiger partial charge in [-0.1, -0.05) is 45.7 Å². The van der Waals surface area contributed by atoms with Gasteiger partial charge in [0.25, 0.3) is 10.0 Å². The van der Waals surface area contributed by atoms with E-state index in [9.17, 15) is 8.42 Å². The lowest BCUT2D eigenvalue weighted by atomic mass is 10.1. The minimum atomic E-state index is -4.35. The first-order valence-electron chi connectivity index (χ1n) is 11.2. The van der Waals surface area contributed by atoms with Gasteiger partial charge in [0.15, 0.2) is 5.13 Å². The average Bonchev–Trinajstić information content (AvgIpc) is 3.39. The molecule has 1 N–H and O–H groups in total. The van der Waals surface area contributed by atoms with E-state index < -0.39 is 20.7 Å². The Hall–Kier alpha value is -2.66. The Morgan fingerprint density at radius 1 is 1.22 bits per heavy atom. The van der Waals surface area contributed by atoms with Gasteiger partial charge in [-0.25, -0.2) is 22.1 Å². The number of thiazole rings is 1. The van der Waals surface area contributed by atoms with Crippen LogP contribution in [0.1, 0.15) is 29.7 Å². The Morgan fingerprint density at radius 3 is 2.65 bits per heavy atom. The predicted molar refractivity (Wildman–Crippen MR) is 151 cm³/mol. The van der Waals surface area contributed by atoms with Gasteiger partial charge < -0.3 is 10.1 Å². The van der Waals surface area contributed by atoms with E-state index in [1.807, 2.05) is 44.2 Å². The van der Waals surface area contributed by atoms with Crippen LogP contribution < -0.4 is 14.4 Å². The molecule has 0 unspecified atom stereocenters. The van der Waals surface area contributed by atoms with Crippen molar-refractivity contribution in [1.82, 2.24) is 4.98 Å². The van der Waals surface area contributed by atoms with Gasteiger partial charge in [-0.05, 0) is 66.9 Å². The fraction of sp³-hybridized carbons (Fsp3) is 0.192. The molecule has 0 saturated heterocycles. The molecular weight excluding hydrogens is 601 g/mol. The first kappa shape index (κ1) is 27.4. The number of aryl methyl sites for hydroxylation is 1. The van der Waals surface area contributed by atoms with Crippen LogP contribution in [0.5, 0.6) is 5.75 Å². The normalized spacial score (nSPS) is 12.3. The quantitative estimate of drug-likeness (QED) is 0.208. The third kappa shape index (κ3) is 6.09. The van der Waals surface area contributed by atoms with Crippen molar-refractivity contribution >= 4 is 59.7 Å². The Labute approximate surface area is 233 Å². The second kappa shape index (κ2) is 11.4. The Morgan fingerprint density at radius 2 is 2.00 bits per heavy atom. The van der Waals surface area contributed by atoms with Crippen molar-refractivity contribution < 1.29 is 17.5 Å². The van der Waals surface area contributed by atoms with Crippen LogP contribution in [0.4, 0.5) is 15.2 Å². The molecule has 0 saturated carbocycles. The third-order valence-electron chi connectivity index (χ3n) is 5.81. The van der Waals surface area contributed by atoms with Crippen molar-refractivity contribution in [2.45, 2.75) is 31.3 Å². The molecule has 0 bridgehead atoms. The highest BCUT2D eigenvalue weighted by Gasteiger charge is 2.31. The van der Waals surface area contributed by atoms with E-state index in [1.165, 1.54) is 6.20 Å². The zero-order chi connectivity index (χ0) is 26.7. The molecule has 37 heavy (non-hydrogen) atoms. The van der Waals surface area contributed by atoms with E-state index in [0.717, 1.165) is 48.9 Å². The number of methoxy groups -OCH3 is 1. The summed E-state index contributed by atoms with van der Waals surface area (Å²) in [6.45, 7) is 3.72. The third-order valence-corrected chi connectivity index (χ3v) is 9.27. The molecule has 6 nitrogen and oxygen atoms in total. The molecule has 3 aromatic carbocycles. The molecule has 1 heterocycles. The van der Waals surface area contributed by atoms with Crippen LogP contribution >= 0.6 is 38.9 Å². The first-order chi connectivity index (χ1) is 17.6. The summed E-state index contributed by atoms with van der Waals surface area (Å²) in [7, 11) is -2.79. The second-order valence-electron chi connectivity index (χ2n) is 8.30. The van der Waals surface area contributed by atoms with Gasteiger partial charge >= 0.3 is 0 Å². The summed E-state index contributed by atoms with van der Waals surface area (Å²) < 4.78 is 50.2. The van der Waals surface area contributed by atoms with Crippen LogP contribution in [0.3, 0.4) is 0 Å². The van der Waals surface area contributed by atoms with Crippen LogP contribution in [0, 0.1) is 12.7 Å². The number of nitrogens with zero attached hydrogens (tertiary/aromatic N) is 2. The first-order valence-corrected chi connectivity index (χ1v) is 14.7. The maximum atomic E-state index is 15.4. The lowest BCUT2D eigenvalue weighted by Gasteiger charge is -2.24. The molecule has 11 heteroatoms. The molecule has 0 radical (unpaired) electrons. The molecule has 194 valence electrons. The van der Waals surface area contributed by atoms with Gasteiger partial charge in [0.1, 0.15) is 16.5 Å². The Balaban J connectivity index is 1.68. The molecule has 0 aliphatic rings. The SMILES string of the molecule is COc1ccc(CN(c2nccs2)S(=O)(=O)c2cc(Cl)c(N[C@@H](C)c3cccc(Br)c3)cc2F)c(C)c1. The minimum Gasteiger partial charge on any atom is -0.497 e. The largest absolute Gasteiger partial charge is 0.497 e. The number of anilines is 2. The summed E-state index contributed by atoms with van der Waals surface area (Å²) >= 11 is 11.1. The summed E-state index contributed by atoms with van der Waals surface area (Å²) in [4.78, 5) is 3.66. The van der Waals surface area contributed by atoms with E-state index in [-0.39, 0.29) is 28.4 Å². The van der Waals surface area contributed by atoms with Crippen LogP contribution in [-0.4, -0.2) is 20.5 Å². The number of hydrogen-bond donors (Lipinski definition) is 1. The van der Waals surface area contributed by atoms with Crippen molar-refractivity contribution in [3.05, 3.63) is 98.2 Å². The number of ether oxygens (including phenoxy) is 1. The smallest absolute Gasteiger partial charge is 0.269 e. The lowest BCUT2D eigenvalue weighted by Crippen LogP contribution is -2.31. The number of hydrogen-bond acceptors (Lipinski definition) is 6. The predicted octanol–water partition coefficient (Wildman–Crippen LogP) is 7.58. The highest BCUT2D eigenvalue weighted by atomic mass is 79.9. The highest BCUT2D eigenvalue weighted by Crippen LogP contribution is 2.35. The molecular formula is C26H24BrClFN3O3S2. The number of aromatic nitrogens is 1. The number of rotatable bonds is 9. The van der Waals surface area contributed by atoms with Gasteiger partial charge in [-0.2, -0.15) is 0 Å². The minimum absolute atomic E-state index is 0.0390. The van der Waals surface area contributed by atoms with Gasteiger partial charge in [-0.15, -0.1) is 11.3 Å². The molecule has 0 aliphatic carbocycles. The molecule has 0 fully saturated rings. The summed E-state index contributed by atoms with van der Waals surface area (Å²) in [5, 5.41) is 5.13. The van der Waals surface area contributed by atoms with Gasteiger partial charge in [0.2, 0.25) is 0 Å². The molecule has 1 atom stereocenters. The fourth-order valence-electron chi connectivity index (χ4n) is 3.77. The van der Waals surface area contributed by atoms with Crippen molar-refractivity contribution in [2.75, 3.05) is 16.7 Å². The molecule has 1 aromatic heterocycles. The molecule has 4 aromatic rings. The van der Waals surface area contributed by atoms with Crippen LogP contribution in [0.2, 0.25) is 5.02 Å². The van der Waals surface area contributed by atoms with E-state index >= 15 is 4.39 Å². The summed E-state index contributed by atoms with van der Waals surface area (Å²) in [6, 6.07) is 15.1. The highest BCUT2D eigenvalue weighted by molar-refractivity contribution is 9.10. The number of nitrogens with one attached hydrogen (secondary N) is 1. The van der Waals surface area contributed by atoms with E-state index in [1.54, 1.807) is 24.6 Å². The topological polar surface area (TPSA) is 71.5 Å². The van der Waals surface area contributed by atoms with Crippen molar-refractivity contribution in [3.8, 4) is 5.75 Å². The average molecular weight is 625 g/mol. The van der Waals surface area contributed by atoms with Gasteiger partial charge in [0.05, 0.1) is 24.4 Å². The zero-order valence-electron chi connectivity index (χ0n) is 20.2. The lowest BCUT2D eigenvalue weighted by molar-refractivity contribution is 0.414. The summed E-state index contributed by atoms with van der Waals surface area (Å²) in [5.74, 6) is -0.260. The molecule has 0 amide bonds. The maximum Gasteiger partial charge on any atom is 0.269 e. The monoisotopic (exact) mass is 623 g/mol. The number of halogens is 3. The Kier molecular flexibility index (Phi) is 8.42.